The SMILES string of the molecule is CCc1ccc(C(N)c2nc3c(s2)CCC3)cc1. The standard InChI is InChI=1S/C15H18N2S/c1-2-10-6-8-11(9-7-10)14(16)15-17-12-4-3-5-13(12)18-15/h6-9,14H,2-5,16H2,1H3. The second-order valence-corrected chi connectivity index (χ2v) is 5.96. The normalized spacial score (nSPS) is 15.7. The van der Waals surface area contributed by atoms with Crippen molar-refractivity contribution in [2.45, 2.75) is 38.6 Å². The minimum absolute atomic E-state index is 0.0634. The Hall–Kier alpha value is -1.19. The highest BCUT2D eigenvalue weighted by Gasteiger charge is 2.20. The summed E-state index contributed by atoms with van der Waals surface area (Å²) in [4.78, 5) is 6.15. The summed E-state index contributed by atoms with van der Waals surface area (Å²) in [5, 5.41) is 1.07. The molecule has 0 spiro atoms. The van der Waals surface area contributed by atoms with Gasteiger partial charge in [0.1, 0.15) is 5.01 Å². The average molecular weight is 258 g/mol. The van der Waals surface area contributed by atoms with Crippen LogP contribution in [0.1, 0.15) is 46.1 Å². The van der Waals surface area contributed by atoms with E-state index in [-0.39, 0.29) is 6.04 Å². The van der Waals surface area contributed by atoms with Gasteiger partial charge in [-0.1, -0.05) is 31.2 Å². The third kappa shape index (κ3) is 2.08. The minimum Gasteiger partial charge on any atom is -0.318 e. The maximum Gasteiger partial charge on any atom is 0.114 e. The predicted octanol–water partition coefficient (Wildman–Crippen LogP) is 3.24. The molecular weight excluding hydrogens is 240 g/mol. The zero-order valence-electron chi connectivity index (χ0n) is 10.6. The largest absolute Gasteiger partial charge is 0.318 e. The van der Waals surface area contributed by atoms with E-state index in [1.54, 1.807) is 11.3 Å². The van der Waals surface area contributed by atoms with E-state index in [0.29, 0.717) is 0 Å². The molecule has 0 bridgehead atoms. The number of aromatic nitrogens is 1. The smallest absolute Gasteiger partial charge is 0.114 e. The molecule has 0 radical (unpaired) electrons. The van der Waals surface area contributed by atoms with Crippen molar-refractivity contribution in [2.75, 3.05) is 0 Å². The first kappa shape index (κ1) is 11.9. The van der Waals surface area contributed by atoms with Gasteiger partial charge >= 0.3 is 0 Å². The zero-order chi connectivity index (χ0) is 12.5. The van der Waals surface area contributed by atoms with Gasteiger partial charge in [0.15, 0.2) is 0 Å². The maximum atomic E-state index is 6.32. The van der Waals surface area contributed by atoms with E-state index < -0.39 is 0 Å². The lowest BCUT2D eigenvalue weighted by molar-refractivity contribution is 0.833. The molecule has 94 valence electrons. The van der Waals surface area contributed by atoms with Gasteiger partial charge < -0.3 is 5.73 Å². The highest BCUT2D eigenvalue weighted by atomic mass is 32.1. The molecule has 0 aliphatic heterocycles. The van der Waals surface area contributed by atoms with Crippen molar-refractivity contribution in [1.29, 1.82) is 0 Å². The Kier molecular flexibility index (Phi) is 3.18. The number of aryl methyl sites for hydroxylation is 3. The molecule has 0 fully saturated rings. The van der Waals surface area contributed by atoms with Gasteiger partial charge in [0.2, 0.25) is 0 Å². The molecule has 2 nitrogen and oxygen atoms in total. The van der Waals surface area contributed by atoms with E-state index in [9.17, 15) is 0 Å². The fourth-order valence-corrected chi connectivity index (χ4v) is 3.63. The quantitative estimate of drug-likeness (QED) is 0.918. The lowest BCUT2D eigenvalue weighted by Gasteiger charge is -2.09. The average Bonchev–Trinajstić information content (AvgIpc) is 2.99. The summed E-state index contributed by atoms with van der Waals surface area (Å²) in [6, 6.07) is 8.53. The number of nitrogens with two attached hydrogens (primary N) is 1. The van der Waals surface area contributed by atoms with Crippen LogP contribution in [0.4, 0.5) is 0 Å². The summed E-state index contributed by atoms with van der Waals surface area (Å²) < 4.78 is 0. The number of benzene rings is 1. The second kappa shape index (κ2) is 4.82. The zero-order valence-corrected chi connectivity index (χ0v) is 11.5. The maximum absolute atomic E-state index is 6.32. The Balaban J connectivity index is 1.86. The third-order valence-corrected chi connectivity index (χ3v) is 4.87. The van der Waals surface area contributed by atoms with E-state index >= 15 is 0 Å². The Labute approximate surface area is 112 Å². The lowest BCUT2D eigenvalue weighted by atomic mass is 10.0. The Morgan fingerprint density at radius 1 is 1.28 bits per heavy atom. The number of hydrogen-bond donors (Lipinski definition) is 1. The Morgan fingerprint density at radius 2 is 2.06 bits per heavy atom. The van der Waals surface area contributed by atoms with Crippen molar-refractivity contribution >= 4 is 11.3 Å². The first-order valence-electron chi connectivity index (χ1n) is 6.61. The van der Waals surface area contributed by atoms with Crippen molar-refractivity contribution in [3.8, 4) is 0 Å². The van der Waals surface area contributed by atoms with Crippen molar-refractivity contribution < 1.29 is 0 Å². The Morgan fingerprint density at radius 3 is 2.72 bits per heavy atom. The van der Waals surface area contributed by atoms with Crippen LogP contribution < -0.4 is 5.73 Å². The molecule has 1 aromatic carbocycles. The van der Waals surface area contributed by atoms with Gasteiger partial charge in [-0.25, -0.2) is 4.98 Å². The summed E-state index contributed by atoms with van der Waals surface area (Å²) in [6.07, 6.45) is 4.65. The number of thiazole rings is 1. The summed E-state index contributed by atoms with van der Waals surface area (Å²) >= 11 is 1.80. The van der Waals surface area contributed by atoms with Crippen molar-refractivity contribution in [1.82, 2.24) is 4.98 Å². The van der Waals surface area contributed by atoms with Crippen molar-refractivity contribution in [2.24, 2.45) is 5.73 Å². The molecule has 1 atom stereocenters. The number of fused-ring (bicyclic) bond motifs is 1. The molecule has 3 heteroatoms. The van der Waals surface area contributed by atoms with Gasteiger partial charge in [-0.2, -0.15) is 0 Å². The van der Waals surface area contributed by atoms with Crippen LogP contribution >= 0.6 is 11.3 Å². The van der Waals surface area contributed by atoms with Crippen molar-refractivity contribution in [3.05, 3.63) is 51.0 Å². The molecule has 0 amide bonds. The predicted molar refractivity (Wildman–Crippen MR) is 76.0 cm³/mol. The van der Waals surface area contributed by atoms with Gasteiger partial charge in [0, 0.05) is 4.88 Å². The molecule has 2 N–H and O–H groups in total. The highest BCUT2D eigenvalue weighted by molar-refractivity contribution is 7.11. The molecule has 1 heterocycles. The summed E-state index contributed by atoms with van der Waals surface area (Å²) in [5.74, 6) is 0. The summed E-state index contributed by atoms with van der Waals surface area (Å²) in [6.45, 7) is 2.17. The van der Waals surface area contributed by atoms with Gasteiger partial charge in [0.25, 0.3) is 0 Å². The topological polar surface area (TPSA) is 38.9 Å². The van der Waals surface area contributed by atoms with Crippen LogP contribution in [0.3, 0.4) is 0 Å². The third-order valence-electron chi connectivity index (χ3n) is 3.63. The van der Waals surface area contributed by atoms with Crippen LogP contribution in [-0.4, -0.2) is 4.98 Å². The minimum atomic E-state index is -0.0634. The monoisotopic (exact) mass is 258 g/mol. The lowest BCUT2D eigenvalue weighted by Crippen LogP contribution is -2.11. The molecule has 18 heavy (non-hydrogen) atoms. The highest BCUT2D eigenvalue weighted by Crippen LogP contribution is 2.32. The fourth-order valence-electron chi connectivity index (χ4n) is 2.45. The molecule has 1 aliphatic carbocycles. The number of rotatable bonds is 3. The van der Waals surface area contributed by atoms with Crippen LogP contribution in [0.2, 0.25) is 0 Å². The van der Waals surface area contributed by atoms with Crippen LogP contribution in [0.25, 0.3) is 0 Å². The number of hydrogen-bond acceptors (Lipinski definition) is 3. The van der Waals surface area contributed by atoms with Gasteiger partial charge in [-0.05, 0) is 36.8 Å². The Bertz CT molecular complexity index is 521. The molecular formula is C15H18N2S. The van der Waals surface area contributed by atoms with E-state index in [4.69, 9.17) is 10.7 Å². The molecule has 1 aromatic heterocycles. The van der Waals surface area contributed by atoms with Crippen LogP contribution in [-0.2, 0) is 19.3 Å². The van der Waals surface area contributed by atoms with Crippen molar-refractivity contribution in [3.63, 3.8) is 0 Å². The van der Waals surface area contributed by atoms with Gasteiger partial charge in [-0.3, -0.25) is 0 Å². The first-order chi connectivity index (χ1) is 8.78. The van der Waals surface area contributed by atoms with E-state index in [0.717, 1.165) is 17.8 Å². The molecule has 1 unspecified atom stereocenters. The number of nitrogens with zero attached hydrogens (tertiary/aromatic N) is 1. The van der Waals surface area contributed by atoms with E-state index in [2.05, 4.69) is 31.2 Å². The molecule has 2 aromatic rings. The fraction of sp³-hybridized carbons (Fsp3) is 0.400. The van der Waals surface area contributed by atoms with Gasteiger partial charge in [-0.15, -0.1) is 11.3 Å². The molecule has 0 saturated heterocycles. The van der Waals surface area contributed by atoms with Crippen LogP contribution in [0.5, 0.6) is 0 Å². The summed E-state index contributed by atoms with van der Waals surface area (Å²) in [7, 11) is 0. The molecule has 0 saturated carbocycles. The van der Waals surface area contributed by atoms with Crippen LogP contribution in [0.15, 0.2) is 24.3 Å². The van der Waals surface area contributed by atoms with Gasteiger partial charge in [0.05, 0.1) is 11.7 Å². The van der Waals surface area contributed by atoms with Crippen LogP contribution in [0, 0.1) is 0 Å². The second-order valence-electron chi connectivity index (χ2n) is 4.85. The van der Waals surface area contributed by atoms with E-state index in [1.165, 1.54) is 34.5 Å². The molecule has 1 aliphatic rings. The summed E-state index contributed by atoms with van der Waals surface area (Å²) in [5.41, 5.74) is 10.1. The first-order valence-corrected chi connectivity index (χ1v) is 7.42. The van der Waals surface area contributed by atoms with E-state index in [1.807, 2.05) is 0 Å². The molecule has 3 rings (SSSR count).